The summed E-state index contributed by atoms with van der Waals surface area (Å²) in [6.45, 7) is 6.76. The van der Waals surface area contributed by atoms with E-state index in [0.717, 1.165) is 37.2 Å². The Bertz CT molecular complexity index is 938. The molecule has 1 atom stereocenters. The van der Waals surface area contributed by atoms with Crippen molar-refractivity contribution in [2.24, 2.45) is 5.73 Å². The van der Waals surface area contributed by atoms with Crippen LogP contribution in [0.2, 0.25) is 0 Å². The summed E-state index contributed by atoms with van der Waals surface area (Å²) in [5.41, 5.74) is 7.19. The van der Waals surface area contributed by atoms with Gasteiger partial charge in [-0.2, -0.15) is 4.98 Å². The van der Waals surface area contributed by atoms with Crippen LogP contribution in [0.4, 0.5) is 23.1 Å². The number of carbonyl (C=O) groups is 2. The molecule has 2 aromatic rings. The molecule has 1 aromatic carbocycles. The predicted molar refractivity (Wildman–Crippen MR) is 123 cm³/mol. The lowest BCUT2D eigenvalue weighted by Crippen LogP contribution is -2.48. The Morgan fingerprint density at radius 3 is 2.48 bits per heavy atom. The van der Waals surface area contributed by atoms with Gasteiger partial charge in [0.1, 0.15) is 11.9 Å². The Morgan fingerprint density at radius 1 is 1.16 bits per heavy atom. The number of likely N-dealkylation sites (N-methyl/N-ethyl adjacent to an activating group) is 1. The van der Waals surface area contributed by atoms with Crippen LogP contribution < -0.4 is 26.6 Å². The lowest BCUT2D eigenvalue weighted by molar-refractivity contribution is -0.122. The molecule has 9 nitrogen and oxygen atoms in total. The summed E-state index contributed by atoms with van der Waals surface area (Å²) in [5.74, 6) is 0.195. The maximum atomic E-state index is 12.2. The molecule has 9 heteroatoms. The number of anilines is 4. The minimum absolute atomic E-state index is 0.0451. The first-order valence-electron chi connectivity index (χ1n) is 10.5. The van der Waals surface area contributed by atoms with Gasteiger partial charge in [-0.3, -0.25) is 9.59 Å². The van der Waals surface area contributed by atoms with Crippen molar-refractivity contribution in [1.29, 1.82) is 0 Å². The number of primary amides is 1. The summed E-state index contributed by atoms with van der Waals surface area (Å²) >= 11 is 0. The smallest absolute Gasteiger partial charge is 0.254 e. The molecule has 31 heavy (non-hydrogen) atoms. The van der Waals surface area contributed by atoms with Crippen LogP contribution in [-0.4, -0.2) is 47.0 Å². The monoisotopic (exact) mass is 425 g/mol. The highest BCUT2D eigenvalue weighted by Gasteiger charge is 2.28. The second-order valence-corrected chi connectivity index (χ2v) is 8.69. The van der Waals surface area contributed by atoms with Crippen LogP contribution in [0.3, 0.4) is 0 Å². The standard InChI is InChI=1S/C22H31N7O2/c1-22(2,3)28-19-16(18(23)30)13-25-21(27-19)26-14-8-10-15(11-9-14)29-12-6-5-7-17(29)20(31)24-4/h8-11,13,17H,5-7,12H2,1-4H3,(H2,23,30)(H,24,31)(H2,25,26,27,28)/t17-/m0/s1. The van der Waals surface area contributed by atoms with Crippen molar-refractivity contribution in [2.45, 2.75) is 51.6 Å². The van der Waals surface area contributed by atoms with Crippen molar-refractivity contribution < 1.29 is 9.59 Å². The topological polar surface area (TPSA) is 125 Å². The van der Waals surface area contributed by atoms with Crippen LogP contribution in [0, 0.1) is 0 Å². The summed E-state index contributed by atoms with van der Waals surface area (Å²) in [4.78, 5) is 34.8. The fraction of sp³-hybridized carbons (Fsp3) is 0.455. The molecule has 1 saturated heterocycles. The summed E-state index contributed by atoms with van der Waals surface area (Å²) in [6, 6.07) is 7.67. The molecule has 3 rings (SSSR count). The van der Waals surface area contributed by atoms with Crippen molar-refractivity contribution in [3.05, 3.63) is 36.0 Å². The number of nitrogens with two attached hydrogens (primary N) is 1. The first-order valence-corrected chi connectivity index (χ1v) is 10.5. The number of benzene rings is 1. The summed E-state index contributed by atoms with van der Waals surface area (Å²) < 4.78 is 0. The molecule has 0 aliphatic carbocycles. The van der Waals surface area contributed by atoms with Crippen LogP contribution in [0.5, 0.6) is 0 Å². The molecule has 2 amide bonds. The molecular formula is C22H31N7O2. The molecule has 0 bridgehead atoms. The molecule has 0 spiro atoms. The minimum Gasteiger partial charge on any atom is -0.365 e. The van der Waals surface area contributed by atoms with Gasteiger partial charge in [0.2, 0.25) is 11.9 Å². The molecule has 1 fully saturated rings. The highest BCUT2D eigenvalue weighted by Crippen LogP contribution is 2.27. The highest BCUT2D eigenvalue weighted by molar-refractivity contribution is 5.97. The van der Waals surface area contributed by atoms with Crippen LogP contribution in [0.25, 0.3) is 0 Å². The number of piperidine rings is 1. The van der Waals surface area contributed by atoms with E-state index in [1.54, 1.807) is 7.05 Å². The largest absolute Gasteiger partial charge is 0.365 e. The van der Waals surface area contributed by atoms with E-state index in [9.17, 15) is 9.59 Å². The summed E-state index contributed by atoms with van der Waals surface area (Å²) in [7, 11) is 1.68. The number of rotatable bonds is 6. The van der Waals surface area contributed by atoms with E-state index in [2.05, 4.69) is 30.8 Å². The third-order valence-corrected chi connectivity index (χ3v) is 5.05. The number of nitrogens with zero attached hydrogens (tertiary/aromatic N) is 3. The number of nitrogens with one attached hydrogen (secondary N) is 3. The van der Waals surface area contributed by atoms with Crippen LogP contribution >= 0.6 is 0 Å². The zero-order chi connectivity index (χ0) is 22.6. The minimum atomic E-state index is -0.588. The quantitative estimate of drug-likeness (QED) is 0.560. The third kappa shape index (κ3) is 5.62. The Balaban J connectivity index is 1.78. The molecule has 1 aliphatic rings. The number of amides is 2. The zero-order valence-electron chi connectivity index (χ0n) is 18.5. The van der Waals surface area contributed by atoms with Gasteiger partial charge in [-0.15, -0.1) is 0 Å². The molecule has 0 unspecified atom stereocenters. The molecule has 2 heterocycles. The van der Waals surface area contributed by atoms with E-state index < -0.39 is 5.91 Å². The molecular weight excluding hydrogens is 394 g/mol. The second-order valence-electron chi connectivity index (χ2n) is 8.69. The molecule has 1 aliphatic heterocycles. The maximum absolute atomic E-state index is 12.2. The Kier molecular flexibility index (Phi) is 6.62. The van der Waals surface area contributed by atoms with Gasteiger partial charge >= 0.3 is 0 Å². The first kappa shape index (κ1) is 22.3. The van der Waals surface area contributed by atoms with E-state index in [4.69, 9.17) is 5.73 Å². The van der Waals surface area contributed by atoms with Crippen LogP contribution in [0.1, 0.15) is 50.4 Å². The van der Waals surface area contributed by atoms with Crippen molar-refractivity contribution >= 4 is 35.0 Å². The van der Waals surface area contributed by atoms with Crippen molar-refractivity contribution in [3.63, 3.8) is 0 Å². The lowest BCUT2D eigenvalue weighted by Gasteiger charge is -2.36. The molecule has 166 valence electrons. The number of aromatic nitrogens is 2. The average molecular weight is 426 g/mol. The van der Waals surface area contributed by atoms with Gasteiger partial charge < -0.3 is 26.6 Å². The third-order valence-electron chi connectivity index (χ3n) is 5.05. The predicted octanol–water partition coefficient (Wildman–Crippen LogP) is 2.63. The Hall–Kier alpha value is -3.36. The van der Waals surface area contributed by atoms with Gasteiger partial charge in [-0.25, -0.2) is 4.98 Å². The van der Waals surface area contributed by atoms with Crippen LogP contribution in [0.15, 0.2) is 30.5 Å². The summed E-state index contributed by atoms with van der Waals surface area (Å²) in [6.07, 6.45) is 4.39. The number of carbonyl (C=O) groups excluding carboxylic acids is 2. The van der Waals surface area contributed by atoms with Gasteiger partial charge in [0, 0.05) is 36.7 Å². The van der Waals surface area contributed by atoms with Gasteiger partial charge in [0.05, 0.1) is 5.56 Å². The van der Waals surface area contributed by atoms with Crippen LogP contribution in [-0.2, 0) is 4.79 Å². The zero-order valence-corrected chi connectivity index (χ0v) is 18.5. The van der Waals surface area contributed by atoms with E-state index in [1.165, 1.54) is 6.20 Å². The van der Waals surface area contributed by atoms with Gasteiger partial charge in [-0.1, -0.05) is 0 Å². The SMILES string of the molecule is CNC(=O)[C@@H]1CCCCN1c1ccc(Nc2ncc(C(N)=O)c(NC(C)(C)C)n2)cc1. The Morgan fingerprint density at radius 2 is 1.87 bits per heavy atom. The number of hydrogen-bond acceptors (Lipinski definition) is 7. The average Bonchev–Trinajstić information content (AvgIpc) is 2.72. The van der Waals surface area contributed by atoms with Gasteiger partial charge in [0.25, 0.3) is 5.91 Å². The molecule has 5 N–H and O–H groups in total. The lowest BCUT2D eigenvalue weighted by atomic mass is 10.0. The van der Waals surface area contributed by atoms with E-state index >= 15 is 0 Å². The van der Waals surface area contributed by atoms with Crippen molar-refractivity contribution in [1.82, 2.24) is 15.3 Å². The molecule has 0 saturated carbocycles. The Labute approximate surface area is 182 Å². The van der Waals surface area contributed by atoms with Crippen molar-refractivity contribution in [2.75, 3.05) is 29.1 Å². The molecule has 0 radical (unpaired) electrons. The maximum Gasteiger partial charge on any atom is 0.254 e. The number of hydrogen-bond donors (Lipinski definition) is 4. The van der Waals surface area contributed by atoms with Gasteiger partial charge in [-0.05, 0) is 64.3 Å². The van der Waals surface area contributed by atoms with E-state index in [1.807, 2.05) is 45.0 Å². The fourth-order valence-corrected chi connectivity index (χ4v) is 3.62. The highest BCUT2D eigenvalue weighted by atomic mass is 16.2. The van der Waals surface area contributed by atoms with Gasteiger partial charge in [0.15, 0.2) is 0 Å². The fourth-order valence-electron chi connectivity index (χ4n) is 3.62. The molecule has 1 aromatic heterocycles. The van der Waals surface area contributed by atoms with E-state index in [-0.39, 0.29) is 23.1 Å². The van der Waals surface area contributed by atoms with E-state index in [0.29, 0.717) is 11.8 Å². The second kappa shape index (κ2) is 9.20. The summed E-state index contributed by atoms with van der Waals surface area (Å²) in [5, 5.41) is 9.12. The first-order chi connectivity index (χ1) is 14.7. The van der Waals surface area contributed by atoms with Crippen molar-refractivity contribution in [3.8, 4) is 0 Å². The normalized spacial score (nSPS) is 16.5.